The maximum Gasteiger partial charge on any atom is 0.317 e. The molecule has 2 amide bonds. The van der Waals surface area contributed by atoms with Crippen LogP contribution in [0.25, 0.3) is 0 Å². The summed E-state index contributed by atoms with van der Waals surface area (Å²) < 4.78 is 0. The Bertz CT molecular complexity index is 301. The molecule has 1 fully saturated rings. The quantitative estimate of drug-likeness (QED) is 0.778. The van der Waals surface area contributed by atoms with E-state index in [4.69, 9.17) is 5.11 Å². The van der Waals surface area contributed by atoms with Crippen LogP contribution in [0, 0.1) is 11.8 Å². The van der Waals surface area contributed by atoms with Crippen molar-refractivity contribution in [1.29, 1.82) is 0 Å². The zero-order valence-corrected chi connectivity index (χ0v) is 12.0. The highest BCUT2D eigenvalue weighted by atomic mass is 16.4. The third-order valence-corrected chi connectivity index (χ3v) is 3.87. The van der Waals surface area contributed by atoms with Crippen LogP contribution in [0.5, 0.6) is 0 Å². The molecular weight excluding hydrogens is 244 g/mol. The van der Waals surface area contributed by atoms with Crippen LogP contribution in [0.15, 0.2) is 0 Å². The van der Waals surface area contributed by atoms with Gasteiger partial charge in [-0.1, -0.05) is 39.0 Å². The van der Waals surface area contributed by atoms with Gasteiger partial charge in [-0.25, -0.2) is 4.79 Å². The molecule has 0 aromatic heterocycles. The predicted molar refractivity (Wildman–Crippen MR) is 74.0 cm³/mol. The monoisotopic (exact) mass is 270 g/mol. The van der Waals surface area contributed by atoms with Crippen molar-refractivity contribution in [2.75, 3.05) is 20.1 Å². The first-order valence-corrected chi connectivity index (χ1v) is 7.22. The van der Waals surface area contributed by atoms with E-state index >= 15 is 0 Å². The summed E-state index contributed by atoms with van der Waals surface area (Å²) >= 11 is 0. The number of amides is 2. The van der Waals surface area contributed by atoms with E-state index in [0.717, 1.165) is 12.3 Å². The summed E-state index contributed by atoms with van der Waals surface area (Å²) in [6, 6.07) is -0.177. The van der Waals surface area contributed by atoms with Gasteiger partial charge in [0.25, 0.3) is 0 Å². The summed E-state index contributed by atoms with van der Waals surface area (Å²) in [4.78, 5) is 23.9. The highest BCUT2D eigenvalue weighted by molar-refractivity contribution is 5.75. The van der Waals surface area contributed by atoms with E-state index < -0.39 is 11.9 Å². The Morgan fingerprint density at radius 3 is 2.53 bits per heavy atom. The second-order valence-corrected chi connectivity index (χ2v) is 5.64. The van der Waals surface area contributed by atoms with Crippen LogP contribution in [0.4, 0.5) is 4.79 Å². The first-order chi connectivity index (χ1) is 9.00. The van der Waals surface area contributed by atoms with Crippen molar-refractivity contribution >= 4 is 12.0 Å². The number of carbonyl (C=O) groups excluding carboxylic acids is 1. The Labute approximate surface area is 115 Å². The Hall–Kier alpha value is -1.26. The molecule has 0 spiro atoms. The lowest BCUT2D eigenvalue weighted by Gasteiger charge is -2.23. The Kier molecular flexibility index (Phi) is 6.67. The van der Waals surface area contributed by atoms with Crippen LogP contribution in [0.1, 0.15) is 45.4 Å². The van der Waals surface area contributed by atoms with E-state index in [0.29, 0.717) is 6.54 Å². The summed E-state index contributed by atoms with van der Waals surface area (Å²) in [5.74, 6) is -0.659. The first kappa shape index (κ1) is 15.8. The number of nitrogens with one attached hydrogen (secondary N) is 1. The van der Waals surface area contributed by atoms with Crippen LogP contribution in [-0.4, -0.2) is 42.1 Å². The predicted octanol–water partition coefficient (Wildman–Crippen LogP) is 2.32. The summed E-state index contributed by atoms with van der Waals surface area (Å²) in [7, 11) is 1.63. The number of aliphatic carboxylic acids is 1. The topological polar surface area (TPSA) is 69.6 Å². The zero-order chi connectivity index (χ0) is 14.3. The van der Waals surface area contributed by atoms with Gasteiger partial charge in [-0.3, -0.25) is 4.79 Å². The maximum atomic E-state index is 11.8. The van der Waals surface area contributed by atoms with Crippen molar-refractivity contribution < 1.29 is 14.7 Å². The molecule has 2 N–H and O–H groups in total. The summed E-state index contributed by atoms with van der Waals surface area (Å²) in [5, 5.41) is 11.7. The molecule has 0 aliphatic heterocycles. The van der Waals surface area contributed by atoms with E-state index in [1.807, 2.05) is 0 Å². The van der Waals surface area contributed by atoms with Crippen molar-refractivity contribution in [3.63, 3.8) is 0 Å². The number of hydrogen-bond acceptors (Lipinski definition) is 2. The van der Waals surface area contributed by atoms with Crippen molar-refractivity contribution in [2.24, 2.45) is 11.8 Å². The van der Waals surface area contributed by atoms with E-state index in [9.17, 15) is 9.59 Å². The van der Waals surface area contributed by atoms with Crippen molar-refractivity contribution in [1.82, 2.24) is 10.2 Å². The molecule has 1 unspecified atom stereocenters. The number of carbonyl (C=O) groups is 2. The fourth-order valence-corrected chi connectivity index (χ4v) is 2.57. The van der Waals surface area contributed by atoms with Gasteiger partial charge in [0.05, 0.1) is 5.92 Å². The lowest BCUT2D eigenvalue weighted by Crippen LogP contribution is -2.41. The number of carboxylic acid groups (broad SMARTS) is 1. The molecule has 0 heterocycles. The largest absolute Gasteiger partial charge is 0.481 e. The lowest BCUT2D eigenvalue weighted by atomic mass is 9.87. The molecule has 19 heavy (non-hydrogen) atoms. The molecule has 1 saturated carbocycles. The summed E-state index contributed by atoms with van der Waals surface area (Å²) in [6.07, 6.45) is 7.57. The van der Waals surface area contributed by atoms with Crippen molar-refractivity contribution in [3.8, 4) is 0 Å². The molecule has 1 atom stereocenters. The van der Waals surface area contributed by atoms with Gasteiger partial charge in [-0.15, -0.1) is 0 Å². The molecule has 1 rings (SSSR count). The average Bonchev–Trinajstić information content (AvgIpc) is 2.39. The standard InChI is InChI=1S/C14H26N2O3/c1-11(13(17)18)10-16(2)14(19)15-9-8-12-6-4-3-5-7-12/h11-12H,3-10H2,1-2H3,(H,15,19)(H,17,18). The smallest absolute Gasteiger partial charge is 0.317 e. The number of rotatable bonds is 6. The number of hydrogen-bond donors (Lipinski definition) is 2. The second kappa shape index (κ2) is 8.02. The molecule has 110 valence electrons. The van der Waals surface area contributed by atoms with E-state index in [2.05, 4.69) is 5.32 Å². The molecule has 0 aromatic carbocycles. The SMILES string of the molecule is CC(CN(C)C(=O)NCCC1CCCCC1)C(=O)O. The zero-order valence-electron chi connectivity index (χ0n) is 12.0. The van der Waals surface area contributed by atoms with Gasteiger partial charge >= 0.3 is 12.0 Å². The van der Waals surface area contributed by atoms with Crippen LogP contribution in [-0.2, 0) is 4.79 Å². The molecule has 5 heteroatoms. The van der Waals surface area contributed by atoms with Gasteiger partial charge in [0.1, 0.15) is 0 Å². The van der Waals surface area contributed by atoms with E-state index in [1.54, 1.807) is 14.0 Å². The van der Waals surface area contributed by atoms with Gasteiger partial charge in [-0.05, 0) is 12.3 Å². The molecule has 0 aromatic rings. The maximum absolute atomic E-state index is 11.8. The number of urea groups is 1. The Balaban J connectivity index is 2.17. The number of nitrogens with zero attached hydrogens (tertiary/aromatic N) is 1. The Morgan fingerprint density at radius 1 is 1.32 bits per heavy atom. The number of carboxylic acids is 1. The van der Waals surface area contributed by atoms with Gasteiger partial charge in [0.15, 0.2) is 0 Å². The highest BCUT2D eigenvalue weighted by Crippen LogP contribution is 2.25. The van der Waals surface area contributed by atoms with Crippen LogP contribution < -0.4 is 5.32 Å². The van der Waals surface area contributed by atoms with Gasteiger partial charge in [0, 0.05) is 20.1 Å². The molecular formula is C14H26N2O3. The molecule has 0 saturated heterocycles. The Morgan fingerprint density at radius 2 is 1.95 bits per heavy atom. The first-order valence-electron chi connectivity index (χ1n) is 7.22. The minimum atomic E-state index is -0.873. The van der Waals surface area contributed by atoms with Gasteiger partial charge in [0.2, 0.25) is 0 Å². The van der Waals surface area contributed by atoms with E-state index in [1.165, 1.54) is 37.0 Å². The molecule has 0 bridgehead atoms. The summed E-state index contributed by atoms with van der Waals surface area (Å²) in [6.45, 7) is 2.54. The lowest BCUT2D eigenvalue weighted by molar-refractivity contribution is -0.141. The van der Waals surface area contributed by atoms with Crippen molar-refractivity contribution in [3.05, 3.63) is 0 Å². The van der Waals surface area contributed by atoms with Crippen molar-refractivity contribution in [2.45, 2.75) is 45.4 Å². The normalized spacial score (nSPS) is 17.8. The molecule has 5 nitrogen and oxygen atoms in total. The van der Waals surface area contributed by atoms with Gasteiger partial charge < -0.3 is 15.3 Å². The fraction of sp³-hybridized carbons (Fsp3) is 0.857. The average molecular weight is 270 g/mol. The second-order valence-electron chi connectivity index (χ2n) is 5.64. The van der Waals surface area contributed by atoms with Crippen LogP contribution in [0.3, 0.4) is 0 Å². The highest BCUT2D eigenvalue weighted by Gasteiger charge is 2.18. The molecule has 1 aliphatic rings. The summed E-state index contributed by atoms with van der Waals surface area (Å²) in [5.41, 5.74) is 0. The third kappa shape index (κ3) is 5.94. The molecule has 1 aliphatic carbocycles. The van der Waals surface area contributed by atoms with Crippen LogP contribution in [0.2, 0.25) is 0 Å². The van der Waals surface area contributed by atoms with Gasteiger partial charge in [-0.2, -0.15) is 0 Å². The van der Waals surface area contributed by atoms with E-state index in [-0.39, 0.29) is 12.6 Å². The van der Waals surface area contributed by atoms with Crippen LogP contribution >= 0.6 is 0 Å². The fourth-order valence-electron chi connectivity index (χ4n) is 2.57. The minimum Gasteiger partial charge on any atom is -0.481 e. The minimum absolute atomic E-state index is 0.177. The molecule has 0 radical (unpaired) electrons. The third-order valence-electron chi connectivity index (χ3n) is 3.87.